The highest BCUT2D eigenvalue weighted by atomic mass is 32.2. The standard InChI is InChI=1S/C16H23N3O5S/c1-2-9(15(22)24-19-12(20)6-7-13(19)21)4-3-5-11-14-10(8-25-11)17-16(23)18-14/h6-7,9-11,14,20-21H,2-5,8H2,1H3,(H2,17,18,23)/t9?,10-,11-,14-/m0/s1. The number of urea groups is 1. The number of thioether (sulfide) groups is 1. The van der Waals surface area contributed by atoms with Crippen molar-refractivity contribution in [2.45, 2.75) is 49.9 Å². The molecule has 2 fully saturated rings. The van der Waals surface area contributed by atoms with Gasteiger partial charge in [-0.15, -0.1) is 4.73 Å². The number of carbonyl (C=O) groups excluding carboxylic acids is 2. The molecule has 2 saturated heterocycles. The fourth-order valence-electron chi connectivity index (χ4n) is 3.36. The Morgan fingerprint density at radius 3 is 2.80 bits per heavy atom. The molecule has 3 rings (SSSR count). The summed E-state index contributed by atoms with van der Waals surface area (Å²) in [5, 5.41) is 25.3. The van der Waals surface area contributed by atoms with Gasteiger partial charge in [0.05, 0.1) is 18.0 Å². The predicted octanol–water partition coefficient (Wildman–Crippen LogP) is 1.22. The van der Waals surface area contributed by atoms with Crippen LogP contribution in [0.3, 0.4) is 0 Å². The van der Waals surface area contributed by atoms with Crippen molar-refractivity contribution in [1.29, 1.82) is 0 Å². The molecule has 4 atom stereocenters. The lowest BCUT2D eigenvalue weighted by atomic mass is 9.96. The van der Waals surface area contributed by atoms with Gasteiger partial charge in [-0.25, -0.2) is 9.59 Å². The van der Waals surface area contributed by atoms with E-state index >= 15 is 0 Å². The average Bonchev–Trinajstić information content (AvgIpc) is 3.22. The van der Waals surface area contributed by atoms with Gasteiger partial charge in [-0.05, 0) is 19.3 Å². The molecule has 1 unspecified atom stereocenters. The van der Waals surface area contributed by atoms with Gasteiger partial charge in [-0.3, -0.25) is 0 Å². The van der Waals surface area contributed by atoms with E-state index in [9.17, 15) is 19.8 Å². The minimum atomic E-state index is -0.475. The van der Waals surface area contributed by atoms with Gasteiger partial charge in [0, 0.05) is 23.1 Å². The molecular weight excluding hydrogens is 346 g/mol. The van der Waals surface area contributed by atoms with Crippen LogP contribution in [-0.4, -0.2) is 50.0 Å². The summed E-state index contributed by atoms with van der Waals surface area (Å²) in [5.74, 6) is -0.506. The maximum Gasteiger partial charge on any atom is 0.336 e. The van der Waals surface area contributed by atoms with E-state index in [1.807, 2.05) is 18.7 Å². The van der Waals surface area contributed by atoms with Crippen LogP contribution in [0.5, 0.6) is 11.8 Å². The Morgan fingerprint density at radius 2 is 2.12 bits per heavy atom. The normalized spacial score (nSPS) is 26.0. The first kappa shape index (κ1) is 17.8. The number of aromatic hydroxyl groups is 2. The fourth-order valence-corrected chi connectivity index (χ4v) is 4.90. The number of nitrogens with one attached hydrogen (secondary N) is 2. The molecule has 2 aliphatic heterocycles. The smallest absolute Gasteiger partial charge is 0.336 e. The first-order valence-electron chi connectivity index (χ1n) is 8.50. The van der Waals surface area contributed by atoms with Crippen LogP contribution in [0.25, 0.3) is 0 Å². The Kier molecular flexibility index (Phi) is 5.31. The molecule has 0 bridgehead atoms. The highest BCUT2D eigenvalue weighted by Gasteiger charge is 2.42. The van der Waals surface area contributed by atoms with E-state index in [1.54, 1.807) is 0 Å². The molecule has 0 spiro atoms. The zero-order valence-electron chi connectivity index (χ0n) is 14.0. The van der Waals surface area contributed by atoms with Crippen molar-refractivity contribution < 1.29 is 24.6 Å². The molecule has 25 heavy (non-hydrogen) atoms. The zero-order valence-corrected chi connectivity index (χ0v) is 14.8. The molecule has 0 aliphatic carbocycles. The van der Waals surface area contributed by atoms with Gasteiger partial charge in [-0.2, -0.15) is 11.8 Å². The first-order chi connectivity index (χ1) is 12.0. The monoisotopic (exact) mass is 369 g/mol. The summed E-state index contributed by atoms with van der Waals surface area (Å²) in [7, 11) is 0. The third-order valence-corrected chi connectivity index (χ3v) is 6.29. The van der Waals surface area contributed by atoms with E-state index in [1.165, 1.54) is 12.1 Å². The van der Waals surface area contributed by atoms with E-state index in [2.05, 4.69) is 10.6 Å². The summed E-state index contributed by atoms with van der Waals surface area (Å²) in [5.41, 5.74) is 0. The zero-order chi connectivity index (χ0) is 18.0. The summed E-state index contributed by atoms with van der Waals surface area (Å²) >= 11 is 1.85. The van der Waals surface area contributed by atoms with Crippen LogP contribution in [0.15, 0.2) is 12.1 Å². The Labute approximate surface area is 149 Å². The number of amides is 2. The Morgan fingerprint density at radius 1 is 1.40 bits per heavy atom. The second-order valence-corrected chi connectivity index (χ2v) is 7.68. The number of hydrogen-bond acceptors (Lipinski definition) is 6. The lowest BCUT2D eigenvalue weighted by molar-refractivity contribution is -0.150. The summed E-state index contributed by atoms with van der Waals surface area (Å²) in [4.78, 5) is 28.7. The Hall–Kier alpha value is -2.03. The molecular formula is C16H23N3O5S. The van der Waals surface area contributed by atoms with Crippen molar-refractivity contribution in [3.05, 3.63) is 12.1 Å². The predicted molar refractivity (Wildman–Crippen MR) is 92.5 cm³/mol. The maximum absolute atomic E-state index is 12.3. The van der Waals surface area contributed by atoms with Crippen molar-refractivity contribution >= 4 is 23.8 Å². The molecule has 138 valence electrons. The first-order valence-corrected chi connectivity index (χ1v) is 9.55. The van der Waals surface area contributed by atoms with Crippen molar-refractivity contribution in [2.75, 3.05) is 5.75 Å². The van der Waals surface area contributed by atoms with Gasteiger partial charge in [-0.1, -0.05) is 13.3 Å². The number of fused-ring (bicyclic) bond motifs is 1. The molecule has 3 heterocycles. The minimum Gasteiger partial charge on any atom is -0.492 e. The van der Waals surface area contributed by atoms with E-state index in [0.29, 0.717) is 18.1 Å². The molecule has 2 amide bonds. The van der Waals surface area contributed by atoms with Gasteiger partial charge in [0.15, 0.2) is 0 Å². The van der Waals surface area contributed by atoms with Crippen LogP contribution < -0.4 is 15.5 Å². The van der Waals surface area contributed by atoms with E-state index in [-0.39, 0.29) is 35.8 Å². The topological polar surface area (TPSA) is 113 Å². The van der Waals surface area contributed by atoms with Gasteiger partial charge in [0.1, 0.15) is 0 Å². The SMILES string of the molecule is CCC(CCC[C@@H]1SC[C@@H]2NC(=O)N[C@@H]21)C(=O)On1c(O)ccc1O. The Bertz CT molecular complexity index is 630. The van der Waals surface area contributed by atoms with Crippen LogP contribution in [-0.2, 0) is 4.79 Å². The molecule has 1 aromatic heterocycles. The molecule has 0 aromatic carbocycles. The largest absolute Gasteiger partial charge is 0.492 e. The van der Waals surface area contributed by atoms with Crippen molar-refractivity contribution in [3.63, 3.8) is 0 Å². The number of carbonyl (C=O) groups is 2. The fraction of sp³-hybridized carbons (Fsp3) is 0.625. The molecule has 9 heteroatoms. The molecule has 0 radical (unpaired) electrons. The summed E-state index contributed by atoms with van der Waals surface area (Å²) in [6, 6.07) is 2.77. The molecule has 0 saturated carbocycles. The molecule has 4 N–H and O–H groups in total. The summed E-state index contributed by atoms with van der Waals surface area (Å²) < 4.78 is 0.724. The van der Waals surface area contributed by atoms with E-state index in [4.69, 9.17) is 4.84 Å². The van der Waals surface area contributed by atoms with Crippen LogP contribution in [0.1, 0.15) is 32.6 Å². The number of rotatable bonds is 7. The van der Waals surface area contributed by atoms with Crippen LogP contribution >= 0.6 is 11.8 Å². The summed E-state index contributed by atoms with van der Waals surface area (Å²) in [6.45, 7) is 1.91. The van der Waals surface area contributed by atoms with Gasteiger partial charge >= 0.3 is 12.0 Å². The lowest BCUT2D eigenvalue weighted by Crippen LogP contribution is -2.36. The Balaban J connectivity index is 1.47. The second kappa shape index (κ2) is 7.47. The van der Waals surface area contributed by atoms with Gasteiger partial charge < -0.3 is 25.7 Å². The lowest BCUT2D eigenvalue weighted by Gasteiger charge is -2.18. The van der Waals surface area contributed by atoms with Crippen molar-refractivity contribution in [1.82, 2.24) is 15.4 Å². The van der Waals surface area contributed by atoms with E-state index in [0.717, 1.165) is 23.3 Å². The van der Waals surface area contributed by atoms with Gasteiger partial charge in [0.25, 0.3) is 0 Å². The third-order valence-electron chi connectivity index (χ3n) is 4.78. The van der Waals surface area contributed by atoms with Crippen LogP contribution in [0, 0.1) is 5.92 Å². The number of nitrogens with zero attached hydrogens (tertiary/aromatic N) is 1. The van der Waals surface area contributed by atoms with Crippen LogP contribution in [0.4, 0.5) is 4.79 Å². The number of aromatic nitrogens is 1. The van der Waals surface area contributed by atoms with Crippen LogP contribution in [0.2, 0.25) is 0 Å². The molecule has 8 nitrogen and oxygen atoms in total. The molecule has 1 aromatic rings. The minimum absolute atomic E-state index is 0.0957. The summed E-state index contributed by atoms with van der Waals surface area (Å²) in [6.07, 6.45) is 3.03. The average molecular weight is 369 g/mol. The van der Waals surface area contributed by atoms with Crippen molar-refractivity contribution in [3.8, 4) is 11.8 Å². The van der Waals surface area contributed by atoms with Crippen molar-refractivity contribution in [2.24, 2.45) is 5.92 Å². The molecule has 2 aliphatic rings. The third kappa shape index (κ3) is 3.81. The second-order valence-electron chi connectivity index (χ2n) is 6.41. The van der Waals surface area contributed by atoms with E-state index < -0.39 is 5.97 Å². The van der Waals surface area contributed by atoms with Gasteiger partial charge in [0.2, 0.25) is 11.8 Å². The maximum atomic E-state index is 12.3. The highest BCUT2D eigenvalue weighted by molar-refractivity contribution is 8.00. The highest BCUT2D eigenvalue weighted by Crippen LogP contribution is 2.33. The quantitative estimate of drug-likeness (QED) is 0.538. The number of hydrogen-bond donors (Lipinski definition) is 4.